The number of anilines is 1. The van der Waals surface area contributed by atoms with Crippen LogP contribution in [0.25, 0.3) is 0 Å². The van der Waals surface area contributed by atoms with Crippen LogP contribution in [0.3, 0.4) is 0 Å². The number of ether oxygens (including phenoxy) is 1. The first-order valence-corrected chi connectivity index (χ1v) is 7.98. The predicted molar refractivity (Wildman–Crippen MR) is 82.6 cm³/mol. The molecule has 0 radical (unpaired) electrons. The second kappa shape index (κ2) is 6.62. The normalized spacial score (nSPS) is 16.9. The first-order valence-electron chi connectivity index (χ1n) is 7.16. The molecule has 2 rings (SSSR count). The standard InChI is InChI=1S/C14H23N3O3S/c1-14(2,3)16-13(19)20-9-11-8-15-12(21-11)17-6-4-10(18)5-7-17/h8,10,18H,4-7,9H2,1-3H3,(H,16,19). The first kappa shape index (κ1) is 16.0. The van der Waals surface area contributed by atoms with Gasteiger partial charge >= 0.3 is 6.09 Å². The van der Waals surface area contributed by atoms with Crippen molar-refractivity contribution in [1.29, 1.82) is 0 Å². The molecule has 1 amide bonds. The van der Waals surface area contributed by atoms with Gasteiger partial charge in [-0.05, 0) is 33.6 Å². The van der Waals surface area contributed by atoms with Gasteiger partial charge in [-0.1, -0.05) is 11.3 Å². The third kappa shape index (κ3) is 5.17. The maximum Gasteiger partial charge on any atom is 0.407 e. The van der Waals surface area contributed by atoms with Gasteiger partial charge in [-0.25, -0.2) is 9.78 Å². The minimum Gasteiger partial charge on any atom is -0.444 e. The summed E-state index contributed by atoms with van der Waals surface area (Å²) >= 11 is 1.53. The number of aromatic nitrogens is 1. The smallest absolute Gasteiger partial charge is 0.407 e. The lowest BCUT2D eigenvalue weighted by Crippen LogP contribution is -2.40. The second-order valence-corrected chi connectivity index (χ2v) is 7.37. The van der Waals surface area contributed by atoms with Gasteiger partial charge in [0, 0.05) is 24.8 Å². The summed E-state index contributed by atoms with van der Waals surface area (Å²) in [6, 6.07) is 0. The van der Waals surface area contributed by atoms with E-state index in [1.165, 1.54) is 11.3 Å². The molecule has 0 atom stereocenters. The molecule has 1 aliphatic heterocycles. The Labute approximate surface area is 129 Å². The molecule has 0 saturated carbocycles. The topological polar surface area (TPSA) is 74.7 Å². The monoisotopic (exact) mass is 313 g/mol. The zero-order valence-electron chi connectivity index (χ0n) is 12.8. The number of piperidine rings is 1. The quantitative estimate of drug-likeness (QED) is 0.894. The van der Waals surface area contributed by atoms with E-state index < -0.39 is 6.09 Å². The molecule has 1 saturated heterocycles. The Morgan fingerprint density at radius 1 is 1.52 bits per heavy atom. The van der Waals surface area contributed by atoms with E-state index in [9.17, 15) is 9.90 Å². The van der Waals surface area contributed by atoms with Crippen LogP contribution >= 0.6 is 11.3 Å². The van der Waals surface area contributed by atoms with E-state index in [4.69, 9.17) is 4.74 Å². The average molecular weight is 313 g/mol. The Morgan fingerprint density at radius 2 is 2.19 bits per heavy atom. The molecule has 118 valence electrons. The maximum absolute atomic E-state index is 11.6. The predicted octanol–water partition coefficient (Wildman–Crippen LogP) is 2.13. The van der Waals surface area contributed by atoms with Gasteiger partial charge in [-0.3, -0.25) is 0 Å². The van der Waals surface area contributed by atoms with E-state index in [-0.39, 0.29) is 18.2 Å². The number of nitrogens with zero attached hydrogens (tertiary/aromatic N) is 2. The van der Waals surface area contributed by atoms with Gasteiger partial charge in [0.2, 0.25) is 0 Å². The van der Waals surface area contributed by atoms with Crippen LogP contribution in [0.5, 0.6) is 0 Å². The fraction of sp³-hybridized carbons (Fsp3) is 0.714. The number of alkyl carbamates (subject to hydrolysis) is 1. The van der Waals surface area contributed by atoms with Crippen LogP contribution in [0.2, 0.25) is 0 Å². The third-order valence-corrected chi connectivity index (χ3v) is 4.13. The second-order valence-electron chi connectivity index (χ2n) is 6.28. The molecule has 1 aliphatic rings. The zero-order valence-corrected chi connectivity index (χ0v) is 13.6. The molecule has 0 bridgehead atoms. The van der Waals surface area contributed by atoms with Crippen LogP contribution < -0.4 is 10.2 Å². The van der Waals surface area contributed by atoms with Crippen molar-refractivity contribution in [2.75, 3.05) is 18.0 Å². The number of hydrogen-bond acceptors (Lipinski definition) is 6. The van der Waals surface area contributed by atoms with Crippen molar-refractivity contribution in [3.8, 4) is 0 Å². The molecule has 2 heterocycles. The van der Waals surface area contributed by atoms with Gasteiger partial charge in [-0.2, -0.15) is 0 Å². The van der Waals surface area contributed by atoms with E-state index >= 15 is 0 Å². The summed E-state index contributed by atoms with van der Waals surface area (Å²) in [5, 5.41) is 13.2. The Bertz CT molecular complexity index is 476. The zero-order chi connectivity index (χ0) is 15.5. The van der Waals surface area contributed by atoms with E-state index in [1.807, 2.05) is 20.8 Å². The summed E-state index contributed by atoms with van der Waals surface area (Å²) < 4.78 is 5.18. The Morgan fingerprint density at radius 3 is 2.81 bits per heavy atom. The number of carbonyl (C=O) groups is 1. The number of thiazole rings is 1. The maximum atomic E-state index is 11.6. The van der Waals surface area contributed by atoms with Crippen molar-refractivity contribution in [3.05, 3.63) is 11.1 Å². The summed E-state index contributed by atoms with van der Waals surface area (Å²) in [5.41, 5.74) is -0.301. The first-order chi connectivity index (χ1) is 9.83. The molecular weight excluding hydrogens is 290 g/mol. The molecule has 7 heteroatoms. The molecule has 0 aromatic carbocycles. The Hall–Kier alpha value is -1.34. The number of rotatable bonds is 3. The highest BCUT2D eigenvalue weighted by atomic mass is 32.1. The van der Waals surface area contributed by atoms with Crippen molar-refractivity contribution < 1.29 is 14.6 Å². The molecule has 6 nitrogen and oxygen atoms in total. The lowest BCUT2D eigenvalue weighted by atomic mass is 10.1. The molecular formula is C14H23N3O3S. The molecule has 21 heavy (non-hydrogen) atoms. The fourth-order valence-corrected chi connectivity index (χ4v) is 2.92. The van der Waals surface area contributed by atoms with E-state index in [2.05, 4.69) is 15.2 Å². The Balaban J connectivity index is 1.82. The number of aliphatic hydroxyl groups excluding tert-OH is 1. The highest BCUT2D eigenvalue weighted by Crippen LogP contribution is 2.26. The van der Waals surface area contributed by atoms with Gasteiger partial charge in [0.15, 0.2) is 5.13 Å². The van der Waals surface area contributed by atoms with Crippen molar-refractivity contribution >= 4 is 22.6 Å². The van der Waals surface area contributed by atoms with Crippen LogP contribution in [0.4, 0.5) is 9.93 Å². The SMILES string of the molecule is CC(C)(C)NC(=O)OCc1cnc(N2CCC(O)CC2)s1. The highest BCUT2D eigenvalue weighted by molar-refractivity contribution is 7.15. The summed E-state index contributed by atoms with van der Waals surface area (Å²) in [7, 11) is 0. The molecule has 0 unspecified atom stereocenters. The minimum absolute atomic E-state index is 0.190. The van der Waals surface area contributed by atoms with Crippen LogP contribution in [0.1, 0.15) is 38.5 Å². The highest BCUT2D eigenvalue weighted by Gasteiger charge is 2.20. The number of aliphatic hydroxyl groups is 1. The van der Waals surface area contributed by atoms with E-state index in [1.54, 1.807) is 6.20 Å². The van der Waals surface area contributed by atoms with E-state index in [0.29, 0.717) is 0 Å². The van der Waals surface area contributed by atoms with Crippen LogP contribution in [0, 0.1) is 0 Å². The van der Waals surface area contributed by atoms with Gasteiger partial charge in [0.25, 0.3) is 0 Å². The van der Waals surface area contributed by atoms with Crippen molar-refractivity contribution in [3.63, 3.8) is 0 Å². The number of hydrogen-bond donors (Lipinski definition) is 2. The lowest BCUT2D eigenvalue weighted by molar-refractivity contribution is 0.132. The third-order valence-electron chi connectivity index (χ3n) is 3.10. The van der Waals surface area contributed by atoms with Crippen molar-refractivity contribution in [2.24, 2.45) is 0 Å². The molecule has 0 aliphatic carbocycles. The number of amides is 1. The van der Waals surface area contributed by atoms with Gasteiger partial charge in [-0.15, -0.1) is 0 Å². The molecule has 1 aromatic rings. The molecule has 2 N–H and O–H groups in total. The fourth-order valence-electron chi connectivity index (χ4n) is 2.05. The Kier molecular flexibility index (Phi) is 5.05. The summed E-state index contributed by atoms with van der Waals surface area (Å²) in [4.78, 5) is 19.0. The average Bonchev–Trinajstić information content (AvgIpc) is 2.84. The van der Waals surface area contributed by atoms with Crippen LogP contribution in [-0.2, 0) is 11.3 Å². The van der Waals surface area contributed by atoms with Gasteiger partial charge in [0.1, 0.15) is 6.61 Å². The summed E-state index contributed by atoms with van der Waals surface area (Å²) in [6.07, 6.45) is 2.69. The molecule has 1 fully saturated rings. The van der Waals surface area contributed by atoms with Crippen LogP contribution in [0.15, 0.2) is 6.20 Å². The minimum atomic E-state index is -0.418. The van der Waals surface area contributed by atoms with Gasteiger partial charge in [0.05, 0.1) is 11.0 Å². The number of carbonyl (C=O) groups excluding carboxylic acids is 1. The summed E-state index contributed by atoms with van der Waals surface area (Å²) in [6.45, 7) is 7.59. The molecule has 1 aromatic heterocycles. The van der Waals surface area contributed by atoms with E-state index in [0.717, 1.165) is 35.9 Å². The van der Waals surface area contributed by atoms with Gasteiger partial charge < -0.3 is 20.1 Å². The number of nitrogens with one attached hydrogen (secondary N) is 1. The molecule has 0 spiro atoms. The lowest BCUT2D eigenvalue weighted by Gasteiger charge is -2.29. The largest absolute Gasteiger partial charge is 0.444 e. The summed E-state index contributed by atoms with van der Waals surface area (Å²) in [5.74, 6) is 0. The van der Waals surface area contributed by atoms with Crippen molar-refractivity contribution in [2.45, 2.75) is 51.9 Å². The van der Waals surface area contributed by atoms with Crippen molar-refractivity contribution in [1.82, 2.24) is 10.3 Å². The van der Waals surface area contributed by atoms with Crippen LogP contribution in [-0.4, -0.2) is 40.9 Å².